The predicted octanol–water partition coefficient (Wildman–Crippen LogP) is -0.613. The van der Waals surface area contributed by atoms with Gasteiger partial charge in [0.1, 0.15) is 5.69 Å². The van der Waals surface area contributed by atoms with E-state index < -0.39 is 0 Å². The Bertz CT molecular complexity index is 292. The molecule has 1 aliphatic rings. The zero-order valence-electron chi connectivity index (χ0n) is 7.69. The summed E-state index contributed by atoms with van der Waals surface area (Å²) in [6, 6.07) is 1.63. The number of H-pyrrole nitrogens is 1. The number of carbonyl (C=O) groups excluding carboxylic acids is 1. The van der Waals surface area contributed by atoms with Gasteiger partial charge in [-0.3, -0.25) is 15.3 Å². The second kappa shape index (κ2) is 4.21. The van der Waals surface area contributed by atoms with Gasteiger partial charge in [-0.15, -0.1) is 0 Å². The number of morpholine rings is 1. The fraction of sp³-hybridized carbons (Fsp3) is 0.500. The monoisotopic (exact) mass is 196 g/mol. The molecule has 0 atom stereocenters. The van der Waals surface area contributed by atoms with Crippen LogP contribution >= 0.6 is 0 Å². The van der Waals surface area contributed by atoms with Crippen LogP contribution in [0.25, 0.3) is 0 Å². The van der Waals surface area contributed by atoms with Crippen molar-refractivity contribution in [2.24, 2.45) is 0 Å². The molecule has 6 nitrogen and oxygen atoms in total. The van der Waals surface area contributed by atoms with E-state index in [4.69, 9.17) is 4.74 Å². The molecular formula is C8H12N4O2. The molecule has 0 spiro atoms. The van der Waals surface area contributed by atoms with Gasteiger partial charge in [-0.05, 0) is 6.07 Å². The van der Waals surface area contributed by atoms with Crippen molar-refractivity contribution in [2.45, 2.75) is 0 Å². The Hall–Kier alpha value is -1.40. The number of rotatable bonds is 2. The average Bonchev–Trinajstić information content (AvgIpc) is 2.72. The third-order valence-corrected chi connectivity index (χ3v) is 2.02. The van der Waals surface area contributed by atoms with Crippen LogP contribution in [0.3, 0.4) is 0 Å². The zero-order chi connectivity index (χ0) is 9.80. The minimum absolute atomic E-state index is 0.163. The van der Waals surface area contributed by atoms with Crippen LogP contribution < -0.4 is 5.43 Å². The maximum absolute atomic E-state index is 11.5. The second-order valence-corrected chi connectivity index (χ2v) is 3.01. The predicted molar refractivity (Wildman–Crippen MR) is 48.4 cm³/mol. The van der Waals surface area contributed by atoms with E-state index in [1.165, 1.54) is 0 Å². The molecule has 76 valence electrons. The molecule has 1 aromatic heterocycles. The lowest BCUT2D eigenvalue weighted by atomic mass is 10.4. The van der Waals surface area contributed by atoms with Gasteiger partial charge in [-0.1, -0.05) is 0 Å². The van der Waals surface area contributed by atoms with Gasteiger partial charge >= 0.3 is 0 Å². The van der Waals surface area contributed by atoms with Crippen LogP contribution in [-0.4, -0.2) is 47.4 Å². The summed E-state index contributed by atoms with van der Waals surface area (Å²) in [4.78, 5) is 11.5. The Kier molecular flexibility index (Phi) is 2.76. The Morgan fingerprint density at radius 2 is 2.36 bits per heavy atom. The number of nitrogens with one attached hydrogen (secondary N) is 2. The van der Waals surface area contributed by atoms with E-state index in [1.807, 2.05) is 5.01 Å². The Morgan fingerprint density at radius 1 is 1.57 bits per heavy atom. The molecule has 0 unspecified atom stereocenters. The molecule has 1 amide bonds. The molecule has 2 N–H and O–H groups in total. The molecule has 1 fully saturated rings. The molecule has 2 heterocycles. The summed E-state index contributed by atoms with van der Waals surface area (Å²) < 4.78 is 5.16. The number of hydrogen-bond donors (Lipinski definition) is 2. The van der Waals surface area contributed by atoms with Gasteiger partial charge in [-0.25, -0.2) is 5.01 Å². The van der Waals surface area contributed by atoms with Gasteiger partial charge in [-0.2, -0.15) is 5.10 Å². The summed E-state index contributed by atoms with van der Waals surface area (Å²) in [5, 5.41) is 8.15. The molecule has 14 heavy (non-hydrogen) atoms. The standard InChI is InChI=1S/C8H12N4O2/c13-8(7-1-2-9-10-7)11-12-3-5-14-6-4-12/h1-2H,3-6H2,(H,9,10)(H,11,13). The van der Waals surface area contributed by atoms with Crippen molar-refractivity contribution >= 4 is 5.91 Å². The number of carbonyl (C=O) groups is 1. The highest BCUT2D eigenvalue weighted by Gasteiger charge is 2.14. The fourth-order valence-corrected chi connectivity index (χ4v) is 1.26. The van der Waals surface area contributed by atoms with Crippen molar-refractivity contribution in [2.75, 3.05) is 26.3 Å². The fourth-order valence-electron chi connectivity index (χ4n) is 1.26. The molecule has 0 radical (unpaired) electrons. The van der Waals surface area contributed by atoms with Crippen molar-refractivity contribution < 1.29 is 9.53 Å². The van der Waals surface area contributed by atoms with E-state index >= 15 is 0 Å². The van der Waals surface area contributed by atoms with E-state index in [9.17, 15) is 4.79 Å². The first kappa shape index (κ1) is 9.17. The van der Waals surface area contributed by atoms with Crippen molar-refractivity contribution in [1.29, 1.82) is 0 Å². The first-order valence-electron chi connectivity index (χ1n) is 4.49. The highest BCUT2D eigenvalue weighted by molar-refractivity contribution is 5.91. The van der Waals surface area contributed by atoms with E-state index in [0.717, 1.165) is 13.1 Å². The lowest BCUT2D eigenvalue weighted by molar-refractivity contribution is 0.0124. The Morgan fingerprint density at radius 3 is 3.00 bits per heavy atom. The number of hydrazine groups is 1. The zero-order valence-corrected chi connectivity index (χ0v) is 7.69. The minimum Gasteiger partial charge on any atom is -0.379 e. The van der Waals surface area contributed by atoms with Gasteiger partial charge in [0.05, 0.1) is 13.2 Å². The van der Waals surface area contributed by atoms with Crippen LogP contribution in [0, 0.1) is 0 Å². The molecule has 0 aromatic carbocycles. The van der Waals surface area contributed by atoms with Gasteiger partial charge in [0, 0.05) is 19.3 Å². The van der Waals surface area contributed by atoms with Crippen LogP contribution in [-0.2, 0) is 4.74 Å². The number of aromatic nitrogens is 2. The van der Waals surface area contributed by atoms with Crippen LogP contribution in [0.4, 0.5) is 0 Å². The number of nitrogens with zero attached hydrogens (tertiary/aromatic N) is 2. The lowest BCUT2D eigenvalue weighted by Crippen LogP contribution is -2.48. The molecule has 1 saturated heterocycles. The van der Waals surface area contributed by atoms with Gasteiger partial charge in [0.2, 0.25) is 0 Å². The number of hydrogen-bond acceptors (Lipinski definition) is 4. The molecule has 6 heteroatoms. The van der Waals surface area contributed by atoms with Gasteiger partial charge < -0.3 is 4.74 Å². The van der Waals surface area contributed by atoms with E-state index in [0.29, 0.717) is 18.9 Å². The third-order valence-electron chi connectivity index (χ3n) is 2.02. The van der Waals surface area contributed by atoms with E-state index in [-0.39, 0.29) is 5.91 Å². The third kappa shape index (κ3) is 2.09. The van der Waals surface area contributed by atoms with Gasteiger partial charge in [0.25, 0.3) is 5.91 Å². The van der Waals surface area contributed by atoms with Crippen LogP contribution in [0.5, 0.6) is 0 Å². The molecule has 1 aromatic rings. The van der Waals surface area contributed by atoms with Crippen LogP contribution in [0.15, 0.2) is 12.3 Å². The average molecular weight is 196 g/mol. The summed E-state index contributed by atoms with van der Waals surface area (Å²) in [7, 11) is 0. The summed E-state index contributed by atoms with van der Waals surface area (Å²) >= 11 is 0. The van der Waals surface area contributed by atoms with Crippen molar-refractivity contribution in [3.05, 3.63) is 18.0 Å². The number of ether oxygens (including phenoxy) is 1. The molecule has 0 aliphatic carbocycles. The largest absolute Gasteiger partial charge is 0.379 e. The minimum atomic E-state index is -0.163. The summed E-state index contributed by atoms with van der Waals surface area (Å²) in [5.41, 5.74) is 3.23. The normalized spacial score (nSPS) is 18.0. The van der Waals surface area contributed by atoms with E-state index in [2.05, 4.69) is 15.6 Å². The summed E-state index contributed by atoms with van der Waals surface area (Å²) in [5.74, 6) is -0.163. The summed E-state index contributed by atoms with van der Waals surface area (Å²) in [6.07, 6.45) is 1.55. The number of amides is 1. The quantitative estimate of drug-likeness (QED) is 0.661. The molecule has 0 bridgehead atoms. The highest BCUT2D eigenvalue weighted by Crippen LogP contribution is 1.96. The first-order valence-corrected chi connectivity index (χ1v) is 4.49. The van der Waals surface area contributed by atoms with Crippen molar-refractivity contribution in [1.82, 2.24) is 20.6 Å². The van der Waals surface area contributed by atoms with E-state index in [1.54, 1.807) is 12.3 Å². The first-order chi connectivity index (χ1) is 6.86. The Labute approximate surface area is 81.2 Å². The van der Waals surface area contributed by atoms with Gasteiger partial charge in [0.15, 0.2) is 0 Å². The van der Waals surface area contributed by atoms with Crippen molar-refractivity contribution in [3.63, 3.8) is 0 Å². The van der Waals surface area contributed by atoms with Crippen LogP contribution in [0.1, 0.15) is 10.5 Å². The second-order valence-electron chi connectivity index (χ2n) is 3.01. The highest BCUT2D eigenvalue weighted by atomic mass is 16.5. The number of aromatic amines is 1. The lowest BCUT2D eigenvalue weighted by Gasteiger charge is -2.26. The smallest absolute Gasteiger partial charge is 0.283 e. The molecule has 1 aliphatic heterocycles. The molecule has 2 rings (SSSR count). The molecular weight excluding hydrogens is 184 g/mol. The Balaban J connectivity index is 1.87. The van der Waals surface area contributed by atoms with Crippen LogP contribution in [0.2, 0.25) is 0 Å². The maximum atomic E-state index is 11.5. The maximum Gasteiger partial charge on any atom is 0.283 e. The SMILES string of the molecule is O=C(NN1CCOCC1)c1ccn[nH]1. The molecule has 0 saturated carbocycles. The summed E-state index contributed by atoms with van der Waals surface area (Å²) in [6.45, 7) is 2.76. The topological polar surface area (TPSA) is 70.2 Å². The van der Waals surface area contributed by atoms with Crippen molar-refractivity contribution in [3.8, 4) is 0 Å².